The summed E-state index contributed by atoms with van der Waals surface area (Å²) in [7, 11) is 1.97. The number of likely N-dealkylation sites (tertiary alicyclic amines) is 1. The van der Waals surface area contributed by atoms with E-state index in [2.05, 4.69) is 5.32 Å². The number of carbonyl (C=O) groups excluding carboxylic acids is 1. The average Bonchev–Trinajstić information content (AvgIpc) is 2.49. The number of rotatable bonds is 5. The summed E-state index contributed by atoms with van der Waals surface area (Å²) in [5, 5.41) is 3.77. The Morgan fingerprint density at radius 2 is 2.09 bits per heavy atom. The van der Waals surface area contributed by atoms with Crippen molar-refractivity contribution >= 4 is 17.5 Å². The van der Waals surface area contributed by atoms with E-state index in [-0.39, 0.29) is 12.0 Å². The third-order valence-electron chi connectivity index (χ3n) is 3.93. The number of amides is 1. The van der Waals surface area contributed by atoms with Gasteiger partial charge in [0, 0.05) is 18.1 Å². The van der Waals surface area contributed by atoms with E-state index in [1.54, 1.807) is 18.2 Å². The summed E-state index contributed by atoms with van der Waals surface area (Å²) >= 11 is 6.07. The van der Waals surface area contributed by atoms with Crippen LogP contribution < -0.4 is 10.1 Å². The van der Waals surface area contributed by atoms with Gasteiger partial charge in [-0.25, -0.2) is 0 Å². The first-order chi connectivity index (χ1) is 10.5. The van der Waals surface area contributed by atoms with Crippen LogP contribution in [0.4, 0.5) is 0 Å². The summed E-state index contributed by atoms with van der Waals surface area (Å²) in [4.78, 5) is 14.7. The first kappa shape index (κ1) is 17.1. The summed E-state index contributed by atoms with van der Waals surface area (Å²) in [5.74, 6) is 1.28. The summed E-state index contributed by atoms with van der Waals surface area (Å²) in [6.07, 6.45) is 2.09. The molecule has 1 aromatic carbocycles. The molecule has 1 amide bonds. The highest BCUT2D eigenvalue weighted by atomic mass is 35.5. The Labute approximate surface area is 137 Å². The lowest BCUT2D eigenvalue weighted by atomic mass is 9.96. The first-order valence-electron chi connectivity index (χ1n) is 7.91. The number of halogens is 1. The van der Waals surface area contributed by atoms with Crippen molar-refractivity contribution in [3.05, 3.63) is 28.8 Å². The van der Waals surface area contributed by atoms with E-state index < -0.39 is 0 Å². The van der Waals surface area contributed by atoms with E-state index in [4.69, 9.17) is 16.3 Å². The van der Waals surface area contributed by atoms with E-state index in [1.165, 1.54) is 0 Å². The molecule has 5 heteroatoms. The van der Waals surface area contributed by atoms with Crippen molar-refractivity contribution < 1.29 is 9.53 Å². The number of piperidine rings is 1. The van der Waals surface area contributed by atoms with Crippen molar-refractivity contribution in [3.8, 4) is 5.75 Å². The standard InChI is InChI=1S/C17H25ClN2O2/c1-12(2)22-16-5-4-14(18)10-15(16)17(21)20-8-6-13(7-9-20)11-19-3/h4-5,10,12-13,19H,6-9,11H2,1-3H3. The highest BCUT2D eigenvalue weighted by Gasteiger charge is 2.25. The van der Waals surface area contributed by atoms with Gasteiger partial charge in [-0.1, -0.05) is 11.6 Å². The van der Waals surface area contributed by atoms with Crippen molar-refractivity contribution in [2.45, 2.75) is 32.8 Å². The van der Waals surface area contributed by atoms with E-state index in [1.807, 2.05) is 25.8 Å². The second-order valence-corrected chi connectivity index (χ2v) is 6.54. The molecule has 1 fully saturated rings. The molecule has 22 heavy (non-hydrogen) atoms. The Morgan fingerprint density at radius 3 is 2.68 bits per heavy atom. The van der Waals surface area contributed by atoms with Crippen LogP contribution in [0.5, 0.6) is 5.75 Å². The van der Waals surface area contributed by atoms with Gasteiger partial charge in [0.15, 0.2) is 0 Å². The van der Waals surface area contributed by atoms with Crippen LogP contribution in [0.15, 0.2) is 18.2 Å². The lowest BCUT2D eigenvalue weighted by Gasteiger charge is -2.32. The SMILES string of the molecule is CNCC1CCN(C(=O)c2cc(Cl)ccc2OC(C)C)CC1. The molecule has 1 aromatic rings. The zero-order chi connectivity index (χ0) is 16.1. The Balaban J connectivity index is 2.10. The Bertz CT molecular complexity index is 511. The van der Waals surface area contributed by atoms with Gasteiger partial charge in [-0.2, -0.15) is 0 Å². The molecule has 122 valence electrons. The van der Waals surface area contributed by atoms with Gasteiger partial charge in [0.25, 0.3) is 5.91 Å². The fourth-order valence-corrected chi connectivity index (χ4v) is 3.00. The molecule has 0 spiro atoms. The van der Waals surface area contributed by atoms with Gasteiger partial charge in [0.2, 0.25) is 0 Å². The molecule has 1 aliphatic heterocycles. The number of nitrogens with zero attached hydrogens (tertiary/aromatic N) is 1. The van der Waals surface area contributed by atoms with Crippen molar-refractivity contribution in [1.29, 1.82) is 0 Å². The molecule has 0 bridgehead atoms. The van der Waals surface area contributed by atoms with Gasteiger partial charge in [-0.3, -0.25) is 4.79 Å². The van der Waals surface area contributed by atoms with Crippen molar-refractivity contribution in [2.24, 2.45) is 5.92 Å². The molecule has 2 rings (SSSR count). The highest BCUT2D eigenvalue weighted by molar-refractivity contribution is 6.31. The largest absolute Gasteiger partial charge is 0.490 e. The molecular formula is C17H25ClN2O2. The van der Waals surface area contributed by atoms with Crippen molar-refractivity contribution in [2.75, 3.05) is 26.7 Å². The van der Waals surface area contributed by atoms with E-state index in [0.29, 0.717) is 22.3 Å². The molecule has 4 nitrogen and oxygen atoms in total. The van der Waals surface area contributed by atoms with E-state index >= 15 is 0 Å². The number of ether oxygens (including phenoxy) is 1. The molecule has 0 saturated carbocycles. The minimum Gasteiger partial charge on any atom is -0.490 e. The predicted molar refractivity (Wildman–Crippen MR) is 89.8 cm³/mol. The zero-order valence-corrected chi connectivity index (χ0v) is 14.3. The summed E-state index contributed by atoms with van der Waals surface area (Å²) in [5.41, 5.74) is 0.563. The molecular weight excluding hydrogens is 300 g/mol. The third kappa shape index (κ3) is 4.37. The molecule has 0 unspecified atom stereocenters. The van der Waals surface area contributed by atoms with Gasteiger partial charge in [-0.15, -0.1) is 0 Å². The molecule has 0 radical (unpaired) electrons. The molecule has 0 atom stereocenters. The summed E-state index contributed by atoms with van der Waals surface area (Å²) in [6.45, 7) is 6.50. The minimum atomic E-state index is 0.0149. The zero-order valence-electron chi connectivity index (χ0n) is 13.6. The van der Waals surface area contributed by atoms with Gasteiger partial charge >= 0.3 is 0 Å². The normalized spacial score (nSPS) is 16.1. The van der Waals surface area contributed by atoms with Crippen LogP contribution in [0, 0.1) is 5.92 Å². The van der Waals surface area contributed by atoms with Crippen LogP contribution in [0.3, 0.4) is 0 Å². The molecule has 1 saturated heterocycles. The fourth-order valence-electron chi connectivity index (χ4n) is 2.83. The molecule has 0 aliphatic carbocycles. The van der Waals surface area contributed by atoms with E-state index in [0.717, 1.165) is 32.5 Å². The average molecular weight is 325 g/mol. The Kier molecular flexibility index (Phi) is 6.09. The summed E-state index contributed by atoms with van der Waals surface area (Å²) < 4.78 is 5.76. The number of nitrogens with one attached hydrogen (secondary N) is 1. The lowest BCUT2D eigenvalue weighted by Crippen LogP contribution is -2.40. The molecule has 1 heterocycles. The maximum Gasteiger partial charge on any atom is 0.257 e. The van der Waals surface area contributed by atoms with Gasteiger partial charge in [0.1, 0.15) is 5.75 Å². The number of benzene rings is 1. The maximum absolute atomic E-state index is 12.8. The van der Waals surface area contributed by atoms with Crippen molar-refractivity contribution in [3.63, 3.8) is 0 Å². The first-order valence-corrected chi connectivity index (χ1v) is 8.29. The highest BCUT2D eigenvalue weighted by Crippen LogP contribution is 2.27. The van der Waals surface area contributed by atoms with Crippen LogP contribution in [-0.4, -0.2) is 43.6 Å². The fraction of sp³-hybridized carbons (Fsp3) is 0.588. The van der Waals surface area contributed by atoms with Crippen LogP contribution in [0.2, 0.25) is 5.02 Å². The minimum absolute atomic E-state index is 0.0149. The molecule has 1 aliphatic rings. The smallest absolute Gasteiger partial charge is 0.257 e. The quantitative estimate of drug-likeness (QED) is 0.904. The number of hydrogen-bond donors (Lipinski definition) is 1. The molecule has 0 aromatic heterocycles. The van der Waals surface area contributed by atoms with Crippen LogP contribution in [-0.2, 0) is 0 Å². The number of hydrogen-bond acceptors (Lipinski definition) is 3. The van der Waals surface area contributed by atoms with Crippen molar-refractivity contribution in [1.82, 2.24) is 10.2 Å². The summed E-state index contributed by atoms with van der Waals surface area (Å²) in [6, 6.07) is 5.25. The molecule has 1 N–H and O–H groups in total. The number of carbonyl (C=O) groups is 1. The monoisotopic (exact) mass is 324 g/mol. The van der Waals surface area contributed by atoms with Crippen LogP contribution in [0.25, 0.3) is 0 Å². The Morgan fingerprint density at radius 1 is 1.41 bits per heavy atom. The lowest BCUT2D eigenvalue weighted by molar-refractivity contribution is 0.0685. The second-order valence-electron chi connectivity index (χ2n) is 6.10. The van der Waals surface area contributed by atoms with Crippen LogP contribution >= 0.6 is 11.6 Å². The Hall–Kier alpha value is -1.26. The third-order valence-corrected chi connectivity index (χ3v) is 4.16. The maximum atomic E-state index is 12.8. The predicted octanol–water partition coefficient (Wildman–Crippen LogP) is 3.20. The van der Waals surface area contributed by atoms with E-state index in [9.17, 15) is 4.79 Å². The van der Waals surface area contributed by atoms with Gasteiger partial charge < -0.3 is 15.0 Å². The topological polar surface area (TPSA) is 41.6 Å². The van der Waals surface area contributed by atoms with Gasteiger partial charge in [-0.05, 0) is 64.4 Å². The second kappa shape index (κ2) is 7.84. The van der Waals surface area contributed by atoms with Crippen LogP contribution in [0.1, 0.15) is 37.0 Å². The van der Waals surface area contributed by atoms with Gasteiger partial charge in [0.05, 0.1) is 11.7 Å².